The average molecular weight is 217 g/mol. The first-order valence-corrected chi connectivity index (χ1v) is 4.73. The van der Waals surface area contributed by atoms with E-state index in [2.05, 4.69) is 10.6 Å². The number of aliphatic hydroxyl groups is 1. The fraction of sp³-hybridized carbons (Fsp3) is 0.778. The molecule has 5 N–H and O–H groups in total. The van der Waals surface area contributed by atoms with Gasteiger partial charge in [0.1, 0.15) is 6.04 Å². The predicted octanol–water partition coefficient (Wildman–Crippen LogP) is -0.681. The number of hydrogen-bond donors (Lipinski definition) is 4. The molecule has 0 saturated carbocycles. The molecular weight excluding hydrogens is 198 g/mol. The highest BCUT2D eigenvalue weighted by Gasteiger charge is 2.28. The van der Waals surface area contributed by atoms with Gasteiger partial charge in [-0.1, -0.05) is 0 Å². The molecule has 0 aliphatic rings. The third-order valence-corrected chi connectivity index (χ3v) is 2.24. The van der Waals surface area contributed by atoms with Crippen molar-refractivity contribution in [2.45, 2.75) is 45.4 Å². The van der Waals surface area contributed by atoms with Crippen LogP contribution in [-0.2, 0) is 4.79 Å². The van der Waals surface area contributed by atoms with Gasteiger partial charge in [-0.2, -0.15) is 0 Å². The zero-order valence-electron chi connectivity index (χ0n) is 9.50. The molecule has 0 aromatic heterocycles. The molecule has 0 aromatic carbocycles. The van der Waals surface area contributed by atoms with E-state index in [1.54, 1.807) is 20.8 Å². The van der Waals surface area contributed by atoms with Crippen LogP contribution >= 0.6 is 0 Å². The first kappa shape index (κ1) is 13.7. The third kappa shape index (κ3) is 4.64. The molecule has 6 heteroatoms. The second-order valence-electron chi connectivity index (χ2n) is 4.12. The summed E-state index contributed by atoms with van der Waals surface area (Å²) in [6.45, 7) is 6.46. The van der Waals surface area contributed by atoms with E-state index in [0.717, 1.165) is 0 Å². The van der Waals surface area contributed by atoms with E-state index < -0.39 is 23.7 Å². The van der Waals surface area contributed by atoms with Crippen LogP contribution in [0.3, 0.4) is 0 Å². The van der Waals surface area contributed by atoms with Crippen LogP contribution in [0, 0.1) is 0 Å². The molecule has 88 valence electrons. The second-order valence-corrected chi connectivity index (χ2v) is 4.12. The maximum absolute atomic E-state index is 11.5. The highest BCUT2D eigenvalue weighted by Crippen LogP contribution is 2.08. The Kier molecular flexibility index (Phi) is 4.54. The minimum absolute atomic E-state index is 0.389. The van der Waals surface area contributed by atoms with Crippen molar-refractivity contribution in [3.05, 3.63) is 0 Å². The minimum atomic E-state index is -0.757. The SMILES string of the molecule is CC(NC(N)=O)C(=O)NC(C)(C)C(C)O. The lowest BCUT2D eigenvalue weighted by Crippen LogP contribution is -2.56. The van der Waals surface area contributed by atoms with E-state index >= 15 is 0 Å². The van der Waals surface area contributed by atoms with Crippen LogP contribution in [0.25, 0.3) is 0 Å². The molecule has 2 unspecified atom stereocenters. The van der Waals surface area contributed by atoms with E-state index in [1.165, 1.54) is 6.92 Å². The van der Waals surface area contributed by atoms with Gasteiger partial charge in [0.25, 0.3) is 0 Å². The van der Waals surface area contributed by atoms with Crippen molar-refractivity contribution >= 4 is 11.9 Å². The van der Waals surface area contributed by atoms with Crippen LogP contribution in [0.4, 0.5) is 4.79 Å². The number of carbonyl (C=O) groups is 2. The van der Waals surface area contributed by atoms with Crippen LogP contribution < -0.4 is 16.4 Å². The first-order chi connectivity index (χ1) is 6.66. The lowest BCUT2D eigenvalue weighted by atomic mass is 9.98. The Bertz CT molecular complexity index is 251. The van der Waals surface area contributed by atoms with Crippen molar-refractivity contribution < 1.29 is 14.7 Å². The summed E-state index contributed by atoms with van der Waals surface area (Å²) >= 11 is 0. The first-order valence-electron chi connectivity index (χ1n) is 4.73. The zero-order valence-corrected chi connectivity index (χ0v) is 9.50. The highest BCUT2D eigenvalue weighted by atomic mass is 16.3. The molecule has 15 heavy (non-hydrogen) atoms. The molecule has 0 spiro atoms. The molecule has 0 heterocycles. The number of hydrogen-bond acceptors (Lipinski definition) is 3. The van der Waals surface area contributed by atoms with Crippen LogP contribution in [0.2, 0.25) is 0 Å². The van der Waals surface area contributed by atoms with E-state index in [1.807, 2.05) is 0 Å². The zero-order chi connectivity index (χ0) is 12.2. The number of primary amides is 1. The van der Waals surface area contributed by atoms with Crippen LogP contribution in [0.15, 0.2) is 0 Å². The normalized spacial score (nSPS) is 15.3. The second kappa shape index (κ2) is 4.97. The highest BCUT2D eigenvalue weighted by molar-refractivity contribution is 5.86. The maximum atomic E-state index is 11.5. The molecule has 0 saturated heterocycles. The van der Waals surface area contributed by atoms with Crippen molar-refractivity contribution in [1.82, 2.24) is 10.6 Å². The Balaban J connectivity index is 4.30. The number of urea groups is 1. The summed E-state index contributed by atoms with van der Waals surface area (Å²) in [6, 6.07) is -1.48. The monoisotopic (exact) mass is 217 g/mol. The Labute approximate surface area is 89.2 Å². The van der Waals surface area contributed by atoms with E-state index in [9.17, 15) is 14.7 Å². The average Bonchev–Trinajstić information content (AvgIpc) is 2.01. The van der Waals surface area contributed by atoms with Gasteiger partial charge in [0.15, 0.2) is 0 Å². The minimum Gasteiger partial charge on any atom is -0.391 e. The van der Waals surface area contributed by atoms with Crippen molar-refractivity contribution in [3.8, 4) is 0 Å². The van der Waals surface area contributed by atoms with Crippen molar-refractivity contribution in [2.24, 2.45) is 5.73 Å². The number of carbonyl (C=O) groups excluding carboxylic acids is 2. The fourth-order valence-electron chi connectivity index (χ4n) is 0.809. The van der Waals surface area contributed by atoms with Gasteiger partial charge in [-0.3, -0.25) is 4.79 Å². The molecule has 2 atom stereocenters. The number of amides is 3. The van der Waals surface area contributed by atoms with Crippen LogP contribution in [0.1, 0.15) is 27.7 Å². The van der Waals surface area contributed by atoms with E-state index in [0.29, 0.717) is 0 Å². The Morgan fingerprint density at radius 3 is 2.13 bits per heavy atom. The van der Waals surface area contributed by atoms with Gasteiger partial charge < -0.3 is 21.5 Å². The number of nitrogens with one attached hydrogen (secondary N) is 2. The third-order valence-electron chi connectivity index (χ3n) is 2.24. The van der Waals surface area contributed by atoms with Gasteiger partial charge in [0.2, 0.25) is 5.91 Å². The van der Waals surface area contributed by atoms with Crippen molar-refractivity contribution in [1.29, 1.82) is 0 Å². The van der Waals surface area contributed by atoms with Gasteiger partial charge in [-0.25, -0.2) is 4.79 Å². The van der Waals surface area contributed by atoms with E-state index in [4.69, 9.17) is 5.73 Å². The molecule has 0 rings (SSSR count). The lowest BCUT2D eigenvalue weighted by Gasteiger charge is -2.30. The molecule has 0 aliphatic heterocycles. The predicted molar refractivity (Wildman–Crippen MR) is 56.1 cm³/mol. The van der Waals surface area contributed by atoms with Crippen LogP contribution in [-0.4, -0.2) is 34.7 Å². The van der Waals surface area contributed by atoms with Gasteiger partial charge >= 0.3 is 6.03 Å². The summed E-state index contributed by atoms with van der Waals surface area (Å²) in [5, 5.41) is 14.2. The summed E-state index contributed by atoms with van der Waals surface area (Å²) in [4.78, 5) is 22.0. The summed E-state index contributed by atoms with van der Waals surface area (Å²) < 4.78 is 0. The molecular formula is C9H19N3O3. The van der Waals surface area contributed by atoms with Gasteiger partial charge in [-0.15, -0.1) is 0 Å². The summed E-state index contributed by atoms with van der Waals surface area (Å²) in [5.74, 6) is -0.389. The maximum Gasteiger partial charge on any atom is 0.312 e. The smallest absolute Gasteiger partial charge is 0.312 e. The van der Waals surface area contributed by atoms with Crippen molar-refractivity contribution in [3.63, 3.8) is 0 Å². The lowest BCUT2D eigenvalue weighted by molar-refractivity contribution is -0.125. The molecule has 0 bridgehead atoms. The Morgan fingerprint density at radius 1 is 1.33 bits per heavy atom. The largest absolute Gasteiger partial charge is 0.391 e. The molecule has 0 aliphatic carbocycles. The Morgan fingerprint density at radius 2 is 1.80 bits per heavy atom. The van der Waals surface area contributed by atoms with Gasteiger partial charge in [0, 0.05) is 0 Å². The standard InChI is InChI=1S/C9H19N3O3/c1-5(11-8(10)15)7(14)12-9(3,4)6(2)13/h5-6,13H,1-4H3,(H,12,14)(H3,10,11,15). The molecule has 0 aromatic rings. The molecule has 6 nitrogen and oxygen atoms in total. The number of nitrogens with two attached hydrogens (primary N) is 1. The Hall–Kier alpha value is -1.30. The topological polar surface area (TPSA) is 104 Å². The molecule has 3 amide bonds. The van der Waals surface area contributed by atoms with Crippen LogP contribution in [0.5, 0.6) is 0 Å². The molecule has 0 fully saturated rings. The number of rotatable bonds is 4. The summed E-state index contributed by atoms with van der Waals surface area (Å²) in [5.41, 5.74) is 4.13. The van der Waals surface area contributed by atoms with Crippen molar-refractivity contribution in [2.75, 3.05) is 0 Å². The molecule has 0 radical (unpaired) electrons. The summed E-state index contributed by atoms with van der Waals surface area (Å²) in [7, 11) is 0. The van der Waals surface area contributed by atoms with Gasteiger partial charge in [0.05, 0.1) is 11.6 Å². The van der Waals surface area contributed by atoms with Gasteiger partial charge in [-0.05, 0) is 27.7 Å². The van der Waals surface area contributed by atoms with E-state index in [-0.39, 0.29) is 5.91 Å². The number of aliphatic hydroxyl groups excluding tert-OH is 1. The fourth-order valence-corrected chi connectivity index (χ4v) is 0.809. The summed E-state index contributed by atoms with van der Waals surface area (Å²) in [6.07, 6.45) is -0.692. The quantitative estimate of drug-likeness (QED) is 0.501.